The minimum Gasteiger partial charge on any atom is -0.485 e. The maximum absolute atomic E-state index is 12.7. The molecule has 0 spiro atoms. The van der Waals surface area contributed by atoms with E-state index in [1.807, 2.05) is 18.2 Å². The highest BCUT2D eigenvalue weighted by atomic mass is 32.2. The van der Waals surface area contributed by atoms with Crippen LogP contribution in [0.3, 0.4) is 0 Å². The third-order valence-corrected chi connectivity index (χ3v) is 5.93. The van der Waals surface area contributed by atoms with Gasteiger partial charge in [0.2, 0.25) is 5.91 Å². The van der Waals surface area contributed by atoms with Crippen LogP contribution in [-0.4, -0.2) is 32.5 Å². The molecule has 0 aliphatic carbocycles. The molecule has 1 aliphatic heterocycles. The summed E-state index contributed by atoms with van der Waals surface area (Å²) in [5.74, 6) is 1.46. The summed E-state index contributed by atoms with van der Waals surface area (Å²) in [6.07, 6.45) is -4.88. The standard InChI is InChI=1S/C21H19F3N4O3S/c1-12(19(29)25-14-9-7-13(8-10-14)21(22,23)24)32-20-27-26-18(28(20)2)17-11-30-15-5-3-4-6-16(15)31-17/h3-10,12,17H,11H2,1-2H3,(H,25,29). The van der Waals surface area contributed by atoms with Crippen molar-refractivity contribution in [2.75, 3.05) is 11.9 Å². The van der Waals surface area contributed by atoms with Crippen molar-refractivity contribution in [3.63, 3.8) is 0 Å². The SMILES string of the molecule is CC(Sc1nnc(C2COc3ccccc3O2)n1C)C(=O)Nc1ccc(C(F)(F)F)cc1. The number of rotatable bonds is 5. The molecule has 7 nitrogen and oxygen atoms in total. The second-order valence-electron chi connectivity index (χ2n) is 7.09. The summed E-state index contributed by atoms with van der Waals surface area (Å²) in [6.45, 7) is 1.95. The van der Waals surface area contributed by atoms with E-state index in [-0.39, 0.29) is 18.2 Å². The van der Waals surface area contributed by atoms with Gasteiger partial charge in [0.15, 0.2) is 28.6 Å². The third-order valence-electron chi connectivity index (χ3n) is 4.80. The second-order valence-corrected chi connectivity index (χ2v) is 8.40. The smallest absolute Gasteiger partial charge is 0.416 e. The minimum atomic E-state index is -4.43. The van der Waals surface area contributed by atoms with Gasteiger partial charge in [0, 0.05) is 12.7 Å². The molecular weight excluding hydrogens is 445 g/mol. The first kappa shape index (κ1) is 22.0. The van der Waals surface area contributed by atoms with E-state index in [4.69, 9.17) is 9.47 Å². The molecular formula is C21H19F3N4O3S. The minimum absolute atomic E-state index is 0.275. The van der Waals surface area contributed by atoms with Crippen molar-refractivity contribution in [1.29, 1.82) is 0 Å². The van der Waals surface area contributed by atoms with Gasteiger partial charge in [0.1, 0.15) is 6.61 Å². The zero-order valence-corrected chi connectivity index (χ0v) is 17.9. The van der Waals surface area contributed by atoms with Crippen LogP contribution < -0.4 is 14.8 Å². The highest BCUT2D eigenvalue weighted by molar-refractivity contribution is 8.00. The predicted molar refractivity (Wildman–Crippen MR) is 112 cm³/mol. The average molecular weight is 464 g/mol. The molecule has 168 valence electrons. The normalized spacial score (nSPS) is 16.5. The molecule has 3 aromatic rings. The molecule has 1 N–H and O–H groups in total. The highest BCUT2D eigenvalue weighted by Gasteiger charge is 2.30. The van der Waals surface area contributed by atoms with Crippen LogP contribution in [0.1, 0.15) is 24.4 Å². The molecule has 1 amide bonds. The maximum atomic E-state index is 12.7. The Morgan fingerprint density at radius 3 is 2.53 bits per heavy atom. The zero-order chi connectivity index (χ0) is 22.9. The van der Waals surface area contributed by atoms with Crippen LogP contribution in [0, 0.1) is 0 Å². The Morgan fingerprint density at radius 1 is 1.16 bits per heavy atom. The number of nitrogens with zero attached hydrogens (tertiary/aromatic N) is 3. The Morgan fingerprint density at radius 2 is 1.84 bits per heavy atom. The Labute approximate surface area is 185 Å². The summed E-state index contributed by atoms with van der Waals surface area (Å²) in [4.78, 5) is 12.5. The number of carbonyl (C=O) groups excluding carboxylic acids is 1. The van der Waals surface area contributed by atoms with Gasteiger partial charge in [-0.2, -0.15) is 13.2 Å². The molecule has 0 saturated heterocycles. The number of alkyl halides is 3. The molecule has 4 rings (SSSR count). The monoisotopic (exact) mass is 464 g/mol. The van der Waals surface area contributed by atoms with Crippen molar-refractivity contribution in [1.82, 2.24) is 14.8 Å². The molecule has 2 atom stereocenters. The number of hydrogen-bond acceptors (Lipinski definition) is 6. The van der Waals surface area contributed by atoms with E-state index < -0.39 is 23.1 Å². The van der Waals surface area contributed by atoms with Crippen molar-refractivity contribution in [2.24, 2.45) is 7.05 Å². The third kappa shape index (κ3) is 4.67. The molecule has 2 aromatic carbocycles. The van der Waals surface area contributed by atoms with Gasteiger partial charge in [-0.05, 0) is 43.3 Å². The highest BCUT2D eigenvalue weighted by Crippen LogP contribution is 2.36. The molecule has 1 aliphatic rings. The van der Waals surface area contributed by atoms with Gasteiger partial charge < -0.3 is 19.4 Å². The van der Waals surface area contributed by atoms with Gasteiger partial charge in [-0.15, -0.1) is 10.2 Å². The number of fused-ring (bicyclic) bond motifs is 1. The van der Waals surface area contributed by atoms with E-state index in [0.29, 0.717) is 22.5 Å². The Hall–Kier alpha value is -3.21. The van der Waals surface area contributed by atoms with Crippen LogP contribution in [-0.2, 0) is 18.0 Å². The summed E-state index contributed by atoms with van der Waals surface area (Å²) in [5.41, 5.74) is -0.499. The first-order valence-electron chi connectivity index (χ1n) is 9.65. The molecule has 0 radical (unpaired) electrons. The predicted octanol–water partition coefficient (Wildman–Crippen LogP) is 4.47. The molecule has 1 aromatic heterocycles. The lowest BCUT2D eigenvalue weighted by atomic mass is 10.2. The first-order valence-corrected chi connectivity index (χ1v) is 10.5. The van der Waals surface area contributed by atoms with Crippen LogP contribution in [0.2, 0.25) is 0 Å². The Bertz CT molecular complexity index is 1120. The molecule has 0 saturated carbocycles. The van der Waals surface area contributed by atoms with Crippen molar-refractivity contribution in [3.05, 3.63) is 59.9 Å². The molecule has 32 heavy (non-hydrogen) atoms. The molecule has 2 heterocycles. The summed E-state index contributed by atoms with van der Waals surface area (Å²) in [7, 11) is 1.77. The van der Waals surface area contributed by atoms with Crippen LogP contribution in [0.25, 0.3) is 0 Å². The number of amides is 1. The van der Waals surface area contributed by atoms with Gasteiger partial charge in [-0.3, -0.25) is 4.79 Å². The molecule has 0 bridgehead atoms. The number of carbonyl (C=O) groups is 1. The van der Waals surface area contributed by atoms with Crippen molar-refractivity contribution < 1.29 is 27.4 Å². The topological polar surface area (TPSA) is 78.3 Å². The summed E-state index contributed by atoms with van der Waals surface area (Å²) >= 11 is 1.18. The molecule has 11 heteroatoms. The van der Waals surface area contributed by atoms with Gasteiger partial charge in [-0.1, -0.05) is 23.9 Å². The van der Waals surface area contributed by atoms with Crippen LogP contribution in [0.15, 0.2) is 53.7 Å². The number of thioether (sulfide) groups is 1. The number of halogens is 3. The zero-order valence-electron chi connectivity index (χ0n) is 17.1. The number of benzene rings is 2. The fraction of sp³-hybridized carbons (Fsp3) is 0.286. The van der Waals surface area contributed by atoms with E-state index in [1.165, 1.54) is 23.9 Å². The number of ether oxygens (including phenoxy) is 2. The van der Waals surface area contributed by atoms with Gasteiger partial charge >= 0.3 is 6.18 Å². The van der Waals surface area contributed by atoms with Gasteiger partial charge in [0.05, 0.1) is 10.8 Å². The van der Waals surface area contributed by atoms with Crippen molar-refractivity contribution in [3.8, 4) is 11.5 Å². The molecule has 2 unspecified atom stereocenters. The lowest BCUT2D eigenvalue weighted by Gasteiger charge is -2.25. The van der Waals surface area contributed by atoms with Crippen LogP contribution >= 0.6 is 11.8 Å². The van der Waals surface area contributed by atoms with Crippen molar-refractivity contribution in [2.45, 2.75) is 29.6 Å². The van der Waals surface area contributed by atoms with Gasteiger partial charge in [-0.25, -0.2) is 0 Å². The fourth-order valence-corrected chi connectivity index (χ4v) is 3.88. The van der Waals surface area contributed by atoms with Crippen LogP contribution in [0.5, 0.6) is 11.5 Å². The largest absolute Gasteiger partial charge is 0.485 e. The van der Waals surface area contributed by atoms with Crippen LogP contribution in [0.4, 0.5) is 18.9 Å². The number of aromatic nitrogens is 3. The first-order chi connectivity index (χ1) is 15.2. The summed E-state index contributed by atoms with van der Waals surface area (Å²) < 4.78 is 51.4. The fourth-order valence-electron chi connectivity index (χ4n) is 3.05. The summed E-state index contributed by atoms with van der Waals surface area (Å²) in [6, 6.07) is 11.6. The van der Waals surface area contributed by atoms with E-state index in [1.54, 1.807) is 24.6 Å². The lowest BCUT2D eigenvalue weighted by Crippen LogP contribution is -2.25. The Kier molecular flexibility index (Phi) is 6.00. The maximum Gasteiger partial charge on any atom is 0.416 e. The van der Waals surface area contributed by atoms with Crippen molar-refractivity contribution >= 4 is 23.4 Å². The number of anilines is 1. The summed E-state index contributed by atoms with van der Waals surface area (Å²) in [5, 5.41) is 10.9. The van der Waals surface area contributed by atoms with E-state index in [9.17, 15) is 18.0 Å². The van der Waals surface area contributed by atoms with E-state index in [2.05, 4.69) is 15.5 Å². The quantitative estimate of drug-likeness (QED) is 0.562. The number of hydrogen-bond donors (Lipinski definition) is 1. The van der Waals surface area contributed by atoms with E-state index >= 15 is 0 Å². The lowest BCUT2D eigenvalue weighted by molar-refractivity contribution is -0.137. The van der Waals surface area contributed by atoms with Gasteiger partial charge in [0.25, 0.3) is 0 Å². The Balaban J connectivity index is 1.39. The van der Waals surface area contributed by atoms with E-state index in [0.717, 1.165) is 12.1 Å². The average Bonchev–Trinajstić information content (AvgIpc) is 3.13. The number of para-hydroxylation sites is 2. The second kappa shape index (κ2) is 8.73. The molecule has 0 fully saturated rings. The number of nitrogens with one attached hydrogen (secondary N) is 1.